The predicted molar refractivity (Wildman–Crippen MR) is 106 cm³/mol. The molecule has 5 nitrogen and oxygen atoms in total. The van der Waals surface area contributed by atoms with E-state index in [2.05, 4.69) is 15.6 Å². The lowest BCUT2D eigenvalue weighted by molar-refractivity contribution is -0.121. The summed E-state index contributed by atoms with van der Waals surface area (Å²) in [4.78, 5) is 29.9. The first-order valence-electron chi connectivity index (χ1n) is 8.77. The predicted octanol–water partition coefficient (Wildman–Crippen LogP) is 3.92. The molecule has 136 valence electrons. The van der Waals surface area contributed by atoms with E-state index in [0.29, 0.717) is 28.3 Å². The maximum atomic E-state index is 13.4. The largest absolute Gasteiger partial charge is 0.351 e. The van der Waals surface area contributed by atoms with E-state index in [1.54, 1.807) is 30.6 Å². The van der Waals surface area contributed by atoms with Gasteiger partial charge in [0.1, 0.15) is 0 Å². The van der Waals surface area contributed by atoms with Crippen molar-refractivity contribution in [2.24, 2.45) is 0 Å². The van der Waals surface area contributed by atoms with E-state index in [1.807, 2.05) is 31.2 Å². The Morgan fingerprint density at radius 2 is 2.07 bits per heavy atom. The highest BCUT2D eigenvalue weighted by molar-refractivity contribution is 6.31. The summed E-state index contributed by atoms with van der Waals surface area (Å²) in [7, 11) is 0. The van der Waals surface area contributed by atoms with Gasteiger partial charge in [0.2, 0.25) is 5.91 Å². The van der Waals surface area contributed by atoms with Gasteiger partial charge in [-0.3, -0.25) is 14.6 Å². The number of anilines is 1. The lowest BCUT2D eigenvalue weighted by atomic mass is 9.72. The van der Waals surface area contributed by atoms with Crippen molar-refractivity contribution in [3.63, 3.8) is 0 Å². The summed E-state index contributed by atoms with van der Waals surface area (Å²) in [5, 5.41) is 8.23. The van der Waals surface area contributed by atoms with E-state index in [-0.39, 0.29) is 18.4 Å². The van der Waals surface area contributed by atoms with Gasteiger partial charge in [-0.15, -0.1) is 0 Å². The van der Waals surface area contributed by atoms with Crippen molar-refractivity contribution in [3.05, 3.63) is 71.0 Å². The molecular weight excluding hydrogens is 362 g/mol. The molecule has 1 unspecified atom stereocenters. The number of fused-ring (bicyclic) bond motifs is 2. The van der Waals surface area contributed by atoms with Crippen LogP contribution in [-0.4, -0.2) is 23.3 Å². The number of hydrogen-bond donors (Lipinski definition) is 2. The van der Waals surface area contributed by atoms with Crippen molar-refractivity contribution in [2.75, 3.05) is 11.9 Å². The second-order valence-electron chi connectivity index (χ2n) is 6.67. The zero-order valence-electron chi connectivity index (χ0n) is 14.8. The van der Waals surface area contributed by atoms with E-state index in [1.165, 1.54) is 0 Å². The summed E-state index contributed by atoms with van der Waals surface area (Å²) in [5.41, 5.74) is 0.891. The van der Waals surface area contributed by atoms with Crippen molar-refractivity contribution in [1.29, 1.82) is 0 Å². The van der Waals surface area contributed by atoms with Gasteiger partial charge < -0.3 is 10.6 Å². The number of halogens is 1. The lowest BCUT2D eigenvalue weighted by Gasteiger charge is -2.37. The quantitative estimate of drug-likeness (QED) is 0.724. The van der Waals surface area contributed by atoms with Crippen LogP contribution in [0, 0.1) is 0 Å². The molecule has 1 aromatic heterocycles. The molecule has 2 N–H and O–H groups in total. The normalized spacial score (nSPS) is 18.7. The molecule has 0 radical (unpaired) electrons. The third-order valence-corrected chi connectivity index (χ3v) is 5.48. The smallest absolute Gasteiger partial charge is 0.251 e. The van der Waals surface area contributed by atoms with Crippen molar-refractivity contribution in [1.82, 2.24) is 10.3 Å². The molecule has 0 spiro atoms. The number of pyridine rings is 1. The van der Waals surface area contributed by atoms with Crippen LogP contribution in [-0.2, 0) is 10.2 Å². The van der Waals surface area contributed by atoms with Gasteiger partial charge in [0.15, 0.2) is 0 Å². The van der Waals surface area contributed by atoms with Crippen LogP contribution in [0.3, 0.4) is 0 Å². The number of rotatable bonds is 3. The number of hydrogen-bond acceptors (Lipinski definition) is 3. The first-order chi connectivity index (χ1) is 13.0. The molecule has 1 aliphatic rings. The minimum atomic E-state index is -0.898. The number of carbonyl (C=O) groups excluding carboxylic acids is 2. The van der Waals surface area contributed by atoms with Crippen molar-refractivity contribution in [3.8, 4) is 0 Å². The van der Waals surface area contributed by atoms with Crippen LogP contribution in [0.4, 0.5) is 5.69 Å². The third kappa shape index (κ3) is 2.84. The van der Waals surface area contributed by atoms with Crippen molar-refractivity contribution < 1.29 is 9.59 Å². The molecule has 1 aliphatic heterocycles. The molecule has 0 bridgehead atoms. The van der Waals surface area contributed by atoms with Crippen LogP contribution in [0.25, 0.3) is 10.8 Å². The van der Waals surface area contributed by atoms with E-state index in [4.69, 9.17) is 11.6 Å². The summed E-state index contributed by atoms with van der Waals surface area (Å²) in [6.07, 6.45) is 3.92. The van der Waals surface area contributed by atoms with Crippen LogP contribution >= 0.6 is 11.6 Å². The van der Waals surface area contributed by atoms with E-state index in [0.717, 1.165) is 10.8 Å². The van der Waals surface area contributed by atoms with Gasteiger partial charge in [-0.25, -0.2) is 0 Å². The molecule has 2 amide bonds. The molecule has 0 fully saturated rings. The maximum absolute atomic E-state index is 13.4. The SMILES string of the molecule is CCC1(C(=O)Nc2cncc3ccccc23)CNC(=O)c2ccc(Cl)cc21. The van der Waals surface area contributed by atoms with Crippen LogP contribution in [0.5, 0.6) is 0 Å². The molecule has 4 rings (SSSR count). The van der Waals surface area contributed by atoms with Gasteiger partial charge in [-0.1, -0.05) is 42.8 Å². The Balaban J connectivity index is 1.79. The monoisotopic (exact) mass is 379 g/mol. The minimum Gasteiger partial charge on any atom is -0.351 e. The second-order valence-corrected chi connectivity index (χ2v) is 7.11. The molecule has 3 aromatic rings. The topological polar surface area (TPSA) is 71.1 Å². The molecule has 1 atom stereocenters. The molecule has 0 saturated carbocycles. The Labute approximate surface area is 161 Å². The van der Waals surface area contributed by atoms with Gasteiger partial charge in [0, 0.05) is 34.1 Å². The van der Waals surface area contributed by atoms with Gasteiger partial charge >= 0.3 is 0 Å². The zero-order valence-corrected chi connectivity index (χ0v) is 15.5. The molecule has 6 heteroatoms. The fraction of sp³-hybridized carbons (Fsp3) is 0.190. The summed E-state index contributed by atoms with van der Waals surface area (Å²) in [6, 6.07) is 12.8. The highest BCUT2D eigenvalue weighted by Crippen LogP contribution is 2.36. The van der Waals surface area contributed by atoms with E-state index in [9.17, 15) is 9.59 Å². The number of carbonyl (C=O) groups is 2. The number of nitrogens with zero attached hydrogens (tertiary/aromatic N) is 1. The number of benzene rings is 2. The van der Waals surface area contributed by atoms with Crippen LogP contribution in [0.1, 0.15) is 29.3 Å². The standard InChI is InChI=1S/C21H18ClN3O2/c1-2-21(12-24-19(26)16-8-7-14(22)9-17(16)21)20(27)25-18-11-23-10-13-5-3-4-6-15(13)18/h3-11H,2,12H2,1H3,(H,24,26)(H,25,27). The molecule has 0 saturated heterocycles. The van der Waals surface area contributed by atoms with Gasteiger partial charge in [-0.2, -0.15) is 0 Å². The minimum absolute atomic E-state index is 0.188. The summed E-state index contributed by atoms with van der Waals surface area (Å²) in [5.74, 6) is -0.378. The van der Waals surface area contributed by atoms with Gasteiger partial charge in [0.25, 0.3) is 5.91 Å². The fourth-order valence-corrected chi connectivity index (χ4v) is 3.84. The Morgan fingerprint density at radius 3 is 2.89 bits per heavy atom. The molecule has 0 aliphatic carbocycles. The average Bonchev–Trinajstić information content (AvgIpc) is 2.69. The fourth-order valence-electron chi connectivity index (χ4n) is 3.67. The van der Waals surface area contributed by atoms with Gasteiger partial charge in [0.05, 0.1) is 17.3 Å². The highest BCUT2D eigenvalue weighted by atomic mass is 35.5. The number of nitrogens with one attached hydrogen (secondary N) is 2. The van der Waals surface area contributed by atoms with Crippen molar-refractivity contribution in [2.45, 2.75) is 18.8 Å². The number of amides is 2. The van der Waals surface area contributed by atoms with Crippen LogP contribution in [0.15, 0.2) is 54.9 Å². The van der Waals surface area contributed by atoms with Gasteiger partial charge in [-0.05, 0) is 30.2 Å². The Kier molecular flexibility index (Phi) is 4.32. The van der Waals surface area contributed by atoms with E-state index >= 15 is 0 Å². The average molecular weight is 380 g/mol. The Hall–Kier alpha value is -2.92. The number of aromatic nitrogens is 1. The molecule has 2 aromatic carbocycles. The highest BCUT2D eigenvalue weighted by Gasteiger charge is 2.44. The molecule has 2 heterocycles. The van der Waals surface area contributed by atoms with Crippen LogP contribution in [0.2, 0.25) is 5.02 Å². The molecular formula is C21H18ClN3O2. The van der Waals surface area contributed by atoms with Crippen LogP contribution < -0.4 is 10.6 Å². The first kappa shape index (κ1) is 17.5. The zero-order chi connectivity index (χ0) is 19.0. The molecule has 27 heavy (non-hydrogen) atoms. The second kappa shape index (κ2) is 6.67. The van der Waals surface area contributed by atoms with Crippen molar-refractivity contribution >= 4 is 39.9 Å². The Bertz CT molecular complexity index is 1060. The first-order valence-corrected chi connectivity index (χ1v) is 9.15. The lowest BCUT2D eigenvalue weighted by Crippen LogP contribution is -2.53. The van der Waals surface area contributed by atoms with E-state index < -0.39 is 5.41 Å². The summed E-state index contributed by atoms with van der Waals surface area (Å²) < 4.78 is 0. The maximum Gasteiger partial charge on any atom is 0.251 e. The third-order valence-electron chi connectivity index (χ3n) is 5.25. The summed E-state index contributed by atoms with van der Waals surface area (Å²) >= 11 is 6.18. The summed E-state index contributed by atoms with van der Waals surface area (Å²) in [6.45, 7) is 2.16. The Morgan fingerprint density at radius 1 is 1.26 bits per heavy atom.